The Balaban J connectivity index is 1.69. The fourth-order valence-corrected chi connectivity index (χ4v) is 4.61. The molecule has 0 radical (unpaired) electrons. The smallest absolute Gasteiger partial charge is 0.127 e. The van der Waals surface area contributed by atoms with Gasteiger partial charge in [0.2, 0.25) is 0 Å². The molecule has 1 aromatic carbocycles. The van der Waals surface area contributed by atoms with Crippen LogP contribution in [-0.2, 0) is 0 Å². The van der Waals surface area contributed by atoms with Gasteiger partial charge in [0.25, 0.3) is 0 Å². The topological polar surface area (TPSA) is 6.48 Å². The van der Waals surface area contributed by atoms with Crippen molar-refractivity contribution >= 4 is 0 Å². The summed E-state index contributed by atoms with van der Waals surface area (Å²) in [4.78, 5) is 5.14. The zero-order valence-electron chi connectivity index (χ0n) is 20.0. The highest BCUT2D eigenvalue weighted by Gasteiger charge is 2.26. The lowest BCUT2D eigenvalue weighted by molar-refractivity contribution is 0.150. The molecule has 30 heavy (non-hydrogen) atoms. The van der Waals surface area contributed by atoms with E-state index in [-0.39, 0.29) is 0 Å². The molecule has 1 heterocycles. The maximum absolute atomic E-state index is 2.58. The molecule has 0 fully saturated rings. The van der Waals surface area contributed by atoms with Crippen LogP contribution in [0.5, 0.6) is 0 Å². The molecular weight excluding hydrogens is 364 g/mol. The van der Waals surface area contributed by atoms with E-state index in [1.54, 1.807) is 0 Å². The van der Waals surface area contributed by atoms with Crippen LogP contribution in [0.1, 0.15) is 122 Å². The summed E-state index contributed by atoms with van der Waals surface area (Å²) in [5.74, 6) is 0. The molecule has 0 amide bonds. The first kappa shape index (κ1) is 24.8. The van der Waals surface area contributed by atoms with Crippen LogP contribution >= 0.6 is 0 Å². The first-order valence-corrected chi connectivity index (χ1v) is 13.1. The molecule has 1 aliphatic heterocycles. The molecule has 1 atom stereocenters. The minimum atomic E-state index is 0.399. The quantitative estimate of drug-likeness (QED) is 0.222. The Labute approximate surface area is 187 Å². The van der Waals surface area contributed by atoms with Gasteiger partial charge in [0.05, 0.1) is 0 Å². The van der Waals surface area contributed by atoms with Crippen molar-refractivity contribution < 1.29 is 0 Å². The van der Waals surface area contributed by atoms with E-state index >= 15 is 0 Å². The van der Waals surface area contributed by atoms with E-state index in [1.807, 2.05) is 0 Å². The molecule has 2 rings (SSSR count). The van der Waals surface area contributed by atoms with E-state index in [0.29, 0.717) is 6.17 Å². The molecule has 2 nitrogen and oxygen atoms in total. The highest BCUT2D eigenvalue weighted by Crippen LogP contribution is 2.31. The Morgan fingerprint density at radius 2 is 0.933 bits per heavy atom. The third kappa shape index (κ3) is 9.58. The standard InChI is InChI=1S/C28H48N2/c1-3-5-7-9-10-11-12-13-15-20-24-30-26-25-29(23-19-14-8-6-4-2)28(30)27-21-17-16-18-22-27/h16-18,21-22,25-26,28H,3-15,19-20,23-24H2,1-2H3. The molecule has 0 saturated heterocycles. The van der Waals surface area contributed by atoms with Crippen molar-refractivity contribution in [1.82, 2.24) is 9.80 Å². The third-order valence-electron chi connectivity index (χ3n) is 6.47. The fraction of sp³-hybridized carbons (Fsp3) is 0.714. The average Bonchev–Trinajstić information content (AvgIpc) is 3.18. The van der Waals surface area contributed by atoms with Crippen molar-refractivity contribution in [2.24, 2.45) is 0 Å². The normalized spacial score (nSPS) is 16.0. The molecule has 0 bridgehead atoms. The van der Waals surface area contributed by atoms with Crippen LogP contribution in [-0.4, -0.2) is 22.9 Å². The van der Waals surface area contributed by atoms with Gasteiger partial charge in [-0.2, -0.15) is 0 Å². The molecule has 0 spiro atoms. The summed E-state index contributed by atoms with van der Waals surface area (Å²) < 4.78 is 0. The number of benzene rings is 1. The van der Waals surface area contributed by atoms with Gasteiger partial charge in [0, 0.05) is 25.5 Å². The van der Waals surface area contributed by atoms with Crippen LogP contribution in [0.25, 0.3) is 0 Å². The second-order valence-corrected chi connectivity index (χ2v) is 9.15. The van der Waals surface area contributed by atoms with Crippen LogP contribution in [0.15, 0.2) is 42.7 Å². The minimum absolute atomic E-state index is 0.399. The van der Waals surface area contributed by atoms with E-state index in [0.717, 1.165) is 0 Å². The van der Waals surface area contributed by atoms with Crippen molar-refractivity contribution in [3.63, 3.8) is 0 Å². The van der Waals surface area contributed by atoms with Crippen molar-refractivity contribution in [3.05, 3.63) is 48.3 Å². The molecule has 1 aromatic rings. The van der Waals surface area contributed by atoms with Gasteiger partial charge in [-0.15, -0.1) is 0 Å². The number of unbranched alkanes of at least 4 members (excludes halogenated alkanes) is 13. The minimum Gasteiger partial charge on any atom is -0.352 e. The summed E-state index contributed by atoms with van der Waals surface area (Å²) in [6, 6.07) is 11.1. The summed E-state index contributed by atoms with van der Waals surface area (Å²) in [5.41, 5.74) is 1.43. The number of nitrogens with zero attached hydrogens (tertiary/aromatic N) is 2. The number of hydrogen-bond acceptors (Lipinski definition) is 2. The lowest BCUT2D eigenvalue weighted by atomic mass is 10.1. The van der Waals surface area contributed by atoms with Crippen molar-refractivity contribution in [2.45, 2.75) is 116 Å². The predicted molar refractivity (Wildman–Crippen MR) is 132 cm³/mol. The number of hydrogen-bond donors (Lipinski definition) is 0. The van der Waals surface area contributed by atoms with Crippen LogP contribution in [0, 0.1) is 0 Å². The monoisotopic (exact) mass is 412 g/mol. The van der Waals surface area contributed by atoms with E-state index in [2.05, 4.69) is 66.4 Å². The summed E-state index contributed by atoms with van der Waals surface area (Å²) in [6.07, 6.45) is 25.9. The predicted octanol–water partition coefficient (Wildman–Crippen LogP) is 8.67. The van der Waals surface area contributed by atoms with Crippen molar-refractivity contribution in [2.75, 3.05) is 13.1 Å². The van der Waals surface area contributed by atoms with Crippen molar-refractivity contribution in [3.8, 4) is 0 Å². The zero-order valence-corrected chi connectivity index (χ0v) is 20.0. The summed E-state index contributed by atoms with van der Waals surface area (Å²) in [6.45, 7) is 6.94. The average molecular weight is 413 g/mol. The fourth-order valence-electron chi connectivity index (χ4n) is 4.61. The molecule has 1 aliphatic rings. The van der Waals surface area contributed by atoms with Crippen LogP contribution in [0.2, 0.25) is 0 Å². The van der Waals surface area contributed by atoms with Crippen molar-refractivity contribution in [1.29, 1.82) is 0 Å². The Hall–Kier alpha value is -1.44. The van der Waals surface area contributed by atoms with Gasteiger partial charge < -0.3 is 9.80 Å². The molecule has 1 unspecified atom stereocenters. The number of rotatable bonds is 18. The highest BCUT2D eigenvalue weighted by molar-refractivity contribution is 5.21. The SMILES string of the molecule is CCCCCCCCCCCCN1C=CN(CCCCCCC)C1c1ccccc1. The Morgan fingerprint density at radius 3 is 1.37 bits per heavy atom. The summed E-state index contributed by atoms with van der Waals surface area (Å²) in [7, 11) is 0. The van der Waals surface area contributed by atoms with Gasteiger partial charge in [-0.25, -0.2) is 0 Å². The molecule has 2 heteroatoms. The maximum Gasteiger partial charge on any atom is 0.127 e. The van der Waals surface area contributed by atoms with Crippen LogP contribution in [0.3, 0.4) is 0 Å². The Bertz CT molecular complexity index is 539. The van der Waals surface area contributed by atoms with Gasteiger partial charge in [-0.1, -0.05) is 128 Å². The van der Waals surface area contributed by atoms with Gasteiger partial charge in [0.1, 0.15) is 6.17 Å². The molecule has 0 saturated carbocycles. The second kappa shape index (κ2) is 16.3. The second-order valence-electron chi connectivity index (χ2n) is 9.15. The van der Waals surface area contributed by atoms with Crippen LogP contribution < -0.4 is 0 Å². The summed E-state index contributed by atoms with van der Waals surface area (Å²) in [5, 5.41) is 0. The van der Waals surface area contributed by atoms with Gasteiger partial charge in [-0.3, -0.25) is 0 Å². The van der Waals surface area contributed by atoms with E-state index in [9.17, 15) is 0 Å². The third-order valence-corrected chi connectivity index (χ3v) is 6.47. The maximum atomic E-state index is 2.58. The van der Waals surface area contributed by atoms with E-state index < -0.39 is 0 Å². The van der Waals surface area contributed by atoms with Gasteiger partial charge >= 0.3 is 0 Å². The first-order valence-electron chi connectivity index (χ1n) is 13.1. The van der Waals surface area contributed by atoms with Gasteiger partial charge in [0.15, 0.2) is 0 Å². The largest absolute Gasteiger partial charge is 0.352 e. The molecule has 170 valence electrons. The van der Waals surface area contributed by atoms with Crippen LogP contribution in [0.4, 0.5) is 0 Å². The Morgan fingerprint density at radius 1 is 0.533 bits per heavy atom. The Kier molecular flexibility index (Phi) is 13.5. The summed E-state index contributed by atoms with van der Waals surface area (Å²) >= 11 is 0. The molecule has 0 aliphatic carbocycles. The first-order chi connectivity index (χ1) is 14.9. The molecule has 0 aromatic heterocycles. The highest BCUT2D eigenvalue weighted by atomic mass is 15.4. The lowest BCUT2D eigenvalue weighted by Crippen LogP contribution is -2.32. The van der Waals surface area contributed by atoms with E-state index in [4.69, 9.17) is 0 Å². The van der Waals surface area contributed by atoms with E-state index in [1.165, 1.54) is 115 Å². The van der Waals surface area contributed by atoms with Gasteiger partial charge in [-0.05, 0) is 18.4 Å². The lowest BCUT2D eigenvalue weighted by Gasteiger charge is -2.33. The zero-order chi connectivity index (χ0) is 21.3. The molecule has 0 N–H and O–H groups in total. The molecular formula is C28H48N2.